The number of benzene rings is 1. The van der Waals surface area contributed by atoms with E-state index >= 15 is 0 Å². The Morgan fingerprint density at radius 2 is 2.00 bits per heavy atom. The normalized spacial score (nSPS) is 11.9. The zero-order valence-electron chi connectivity index (χ0n) is 12.8. The molecule has 0 unspecified atom stereocenters. The first kappa shape index (κ1) is 15.6. The summed E-state index contributed by atoms with van der Waals surface area (Å²) in [7, 11) is 1.24. The van der Waals surface area contributed by atoms with Gasteiger partial charge in [-0.2, -0.15) is 0 Å². The standard InChI is InChI=1S/C16H14N2O6/c1-22-16(21)10-2-5-15(20)18(7-10)8-14(19)17-11-3-4-12-13(6-11)24-9-23-12/h2-7H,8-9H2,1H3,(H,17,19). The molecule has 0 aliphatic carbocycles. The third-order valence-corrected chi connectivity index (χ3v) is 3.37. The number of methoxy groups -OCH3 is 1. The highest BCUT2D eigenvalue weighted by Crippen LogP contribution is 2.34. The Bertz CT molecular complexity index is 858. The van der Waals surface area contributed by atoms with Crippen molar-refractivity contribution in [1.82, 2.24) is 4.57 Å². The molecule has 2 aromatic rings. The first-order valence-corrected chi connectivity index (χ1v) is 7.05. The first-order valence-electron chi connectivity index (χ1n) is 7.05. The Balaban J connectivity index is 1.73. The van der Waals surface area contributed by atoms with Gasteiger partial charge < -0.3 is 24.1 Å². The van der Waals surface area contributed by atoms with Gasteiger partial charge in [-0.3, -0.25) is 9.59 Å². The molecule has 0 atom stereocenters. The zero-order valence-corrected chi connectivity index (χ0v) is 12.8. The number of anilines is 1. The summed E-state index contributed by atoms with van der Waals surface area (Å²) >= 11 is 0. The molecule has 2 heterocycles. The molecule has 1 amide bonds. The molecular weight excluding hydrogens is 316 g/mol. The Morgan fingerprint density at radius 1 is 1.21 bits per heavy atom. The molecule has 1 aromatic heterocycles. The molecule has 8 heteroatoms. The average Bonchev–Trinajstić information content (AvgIpc) is 3.03. The summed E-state index contributed by atoms with van der Waals surface area (Å²) in [6.07, 6.45) is 1.29. The number of carbonyl (C=O) groups is 2. The number of fused-ring (bicyclic) bond motifs is 1. The molecule has 0 bridgehead atoms. The van der Waals surface area contributed by atoms with Crippen LogP contribution in [0.15, 0.2) is 41.3 Å². The van der Waals surface area contributed by atoms with Gasteiger partial charge in [-0.15, -0.1) is 0 Å². The Hall–Kier alpha value is -3.29. The van der Waals surface area contributed by atoms with Crippen LogP contribution in [0.4, 0.5) is 5.69 Å². The molecule has 0 spiro atoms. The molecule has 0 saturated carbocycles. The predicted molar refractivity (Wildman–Crippen MR) is 83.2 cm³/mol. The van der Waals surface area contributed by atoms with Gasteiger partial charge in [-0.1, -0.05) is 0 Å². The van der Waals surface area contributed by atoms with Gasteiger partial charge in [-0.25, -0.2) is 4.79 Å². The fraction of sp³-hybridized carbons (Fsp3) is 0.188. The number of nitrogens with one attached hydrogen (secondary N) is 1. The van der Waals surface area contributed by atoms with Gasteiger partial charge in [0.1, 0.15) is 6.54 Å². The number of rotatable bonds is 4. The Morgan fingerprint density at radius 3 is 2.79 bits per heavy atom. The van der Waals surface area contributed by atoms with E-state index < -0.39 is 17.4 Å². The number of ether oxygens (including phenoxy) is 3. The summed E-state index contributed by atoms with van der Waals surface area (Å²) in [5.74, 6) is 0.144. The maximum Gasteiger partial charge on any atom is 0.339 e. The minimum absolute atomic E-state index is 0.141. The van der Waals surface area contributed by atoms with Gasteiger partial charge in [0.15, 0.2) is 11.5 Å². The minimum atomic E-state index is -0.583. The molecular formula is C16H14N2O6. The maximum absolute atomic E-state index is 12.1. The van der Waals surface area contributed by atoms with Crippen molar-refractivity contribution in [2.24, 2.45) is 0 Å². The number of hydrogen-bond donors (Lipinski definition) is 1. The molecule has 0 radical (unpaired) electrons. The minimum Gasteiger partial charge on any atom is -0.465 e. The Labute approximate surface area is 136 Å². The van der Waals surface area contributed by atoms with Crippen molar-refractivity contribution in [2.45, 2.75) is 6.54 Å². The van der Waals surface area contributed by atoms with E-state index in [0.29, 0.717) is 17.2 Å². The maximum atomic E-state index is 12.1. The SMILES string of the molecule is COC(=O)c1ccc(=O)n(CC(=O)Nc2ccc3c(c2)OCO3)c1. The van der Waals surface area contributed by atoms with E-state index in [-0.39, 0.29) is 18.9 Å². The number of esters is 1. The van der Waals surface area contributed by atoms with E-state index in [1.807, 2.05) is 0 Å². The molecule has 1 N–H and O–H groups in total. The highest BCUT2D eigenvalue weighted by Gasteiger charge is 2.15. The van der Waals surface area contributed by atoms with Crippen LogP contribution in [0.3, 0.4) is 0 Å². The van der Waals surface area contributed by atoms with Crippen molar-refractivity contribution in [1.29, 1.82) is 0 Å². The third-order valence-electron chi connectivity index (χ3n) is 3.37. The van der Waals surface area contributed by atoms with E-state index in [0.717, 1.165) is 4.57 Å². The molecule has 1 aliphatic heterocycles. The molecule has 0 saturated heterocycles. The lowest BCUT2D eigenvalue weighted by Crippen LogP contribution is -2.27. The average molecular weight is 330 g/mol. The number of nitrogens with zero attached hydrogens (tertiary/aromatic N) is 1. The molecule has 1 aromatic carbocycles. The highest BCUT2D eigenvalue weighted by atomic mass is 16.7. The molecule has 8 nitrogen and oxygen atoms in total. The van der Waals surface area contributed by atoms with Crippen molar-refractivity contribution in [3.8, 4) is 11.5 Å². The fourth-order valence-corrected chi connectivity index (χ4v) is 2.22. The fourth-order valence-electron chi connectivity index (χ4n) is 2.22. The van der Waals surface area contributed by atoms with Gasteiger partial charge in [0.25, 0.3) is 5.56 Å². The molecule has 0 fully saturated rings. The van der Waals surface area contributed by atoms with E-state index in [2.05, 4.69) is 10.1 Å². The number of pyridine rings is 1. The van der Waals surface area contributed by atoms with Crippen LogP contribution in [0.2, 0.25) is 0 Å². The van der Waals surface area contributed by atoms with Crippen LogP contribution in [0.5, 0.6) is 11.5 Å². The van der Waals surface area contributed by atoms with Crippen molar-refractivity contribution in [2.75, 3.05) is 19.2 Å². The second-order valence-electron chi connectivity index (χ2n) is 4.99. The number of amides is 1. The zero-order chi connectivity index (χ0) is 17.1. The Kier molecular flexibility index (Phi) is 4.19. The van der Waals surface area contributed by atoms with Gasteiger partial charge in [-0.05, 0) is 18.2 Å². The van der Waals surface area contributed by atoms with Crippen LogP contribution in [-0.2, 0) is 16.1 Å². The van der Waals surface area contributed by atoms with Crippen molar-refractivity contribution >= 4 is 17.6 Å². The summed E-state index contributed by atoms with van der Waals surface area (Å²) in [6, 6.07) is 7.54. The van der Waals surface area contributed by atoms with Gasteiger partial charge in [0.2, 0.25) is 12.7 Å². The summed E-state index contributed by atoms with van der Waals surface area (Å²) in [5.41, 5.74) is 0.304. The first-order chi connectivity index (χ1) is 11.6. The van der Waals surface area contributed by atoms with Gasteiger partial charge in [0.05, 0.1) is 12.7 Å². The lowest BCUT2D eigenvalue weighted by atomic mass is 10.2. The quantitative estimate of drug-likeness (QED) is 0.840. The second kappa shape index (κ2) is 6.45. The molecule has 124 valence electrons. The summed E-state index contributed by atoms with van der Waals surface area (Å²) in [6.45, 7) is -0.0967. The number of hydrogen-bond acceptors (Lipinski definition) is 6. The third kappa shape index (κ3) is 3.22. The van der Waals surface area contributed by atoms with Crippen LogP contribution >= 0.6 is 0 Å². The van der Waals surface area contributed by atoms with E-state index in [9.17, 15) is 14.4 Å². The lowest BCUT2D eigenvalue weighted by molar-refractivity contribution is -0.116. The van der Waals surface area contributed by atoms with Crippen molar-refractivity contribution < 1.29 is 23.8 Å². The van der Waals surface area contributed by atoms with Crippen LogP contribution in [0.1, 0.15) is 10.4 Å². The monoisotopic (exact) mass is 330 g/mol. The molecule has 1 aliphatic rings. The number of aromatic nitrogens is 1. The van der Waals surface area contributed by atoms with E-state index in [1.54, 1.807) is 18.2 Å². The van der Waals surface area contributed by atoms with E-state index in [1.165, 1.54) is 25.4 Å². The largest absolute Gasteiger partial charge is 0.465 e. The summed E-state index contributed by atoms with van der Waals surface area (Å²) in [5, 5.41) is 2.66. The van der Waals surface area contributed by atoms with Crippen LogP contribution in [-0.4, -0.2) is 30.3 Å². The topological polar surface area (TPSA) is 95.9 Å². The smallest absolute Gasteiger partial charge is 0.339 e. The van der Waals surface area contributed by atoms with Crippen LogP contribution in [0, 0.1) is 0 Å². The van der Waals surface area contributed by atoms with E-state index in [4.69, 9.17) is 9.47 Å². The van der Waals surface area contributed by atoms with Gasteiger partial charge in [0, 0.05) is 24.0 Å². The summed E-state index contributed by atoms with van der Waals surface area (Å²) < 4.78 is 16.2. The van der Waals surface area contributed by atoms with Gasteiger partial charge >= 0.3 is 5.97 Å². The van der Waals surface area contributed by atoms with Crippen molar-refractivity contribution in [3.63, 3.8) is 0 Å². The van der Waals surface area contributed by atoms with Crippen LogP contribution < -0.4 is 20.3 Å². The highest BCUT2D eigenvalue weighted by molar-refractivity contribution is 5.91. The lowest BCUT2D eigenvalue weighted by Gasteiger charge is -2.09. The summed E-state index contributed by atoms with van der Waals surface area (Å²) in [4.78, 5) is 35.4. The predicted octanol–water partition coefficient (Wildman–Crippen LogP) is 1.00. The van der Waals surface area contributed by atoms with Crippen LogP contribution in [0.25, 0.3) is 0 Å². The second-order valence-corrected chi connectivity index (χ2v) is 4.99. The van der Waals surface area contributed by atoms with Crippen molar-refractivity contribution in [3.05, 3.63) is 52.4 Å². The molecule has 24 heavy (non-hydrogen) atoms. The number of carbonyl (C=O) groups excluding carboxylic acids is 2. The molecule has 3 rings (SSSR count).